The second-order valence-electron chi connectivity index (χ2n) is 5.67. The van der Waals surface area contributed by atoms with Gasteiger partial charge in [-0.15, -0.1) is 0 Å². The van der Waals surface area contributed by atoms with Crippen LogP contribution in [-0.4, -0.2) is 49.4 Å². The number of hydrogen-bond donors (Lipinski definition) is 0. The normalized spacial score (nSPS) is 15.1. The van der Waals surface area contributed by atoms with Crippen molar-refractivity contribution in [1.29, 1.82) is 0 Å². The van der Waals surface area contributed by atoms with Crippen LogP contribution in [0.1, 0.15) is 30.1 Å². The molecule has 0 saturated carbocycles. The van der Waals surface area contributed by atoms with Crippen LogP contribution >= 0.6 is 0 Å². The minimum absolute atomic E-state index is 0.182. The molecule has 0 N–H and O–H groups in total. The Kier molecular flexibility index (Phi) is 6.14. The molecule has 0 unspecified atom stereocenters. The summed E-state index contributed by atoms with van der Waals surface area (Å²) in [5.41, 5.74) is 0.360. The second-order valence-corrected chi connectivity index (χ2v) is 5.67. The standard InChI is InChI=1S/C17H21NO5/c1-13-6-8-18(9-7-13)16(20)11-23-17(21)12-22-15-5-3-2-4-14(15)10-19/h2-5,10,13H,6-9,11-12H2,1H3. The fourth-order valence-corrected chi connectivity index (χ4v) is 2.38. The van der Waals surface area contributed by atoms with Gasteiger partial charge >= 0.3 is 5.97 Å². The number of benzene rings is 1. The summed E-state index contributed by atoms with van der Waals surface area (Å²) >= 11 is 0. The van der Waals surface area contributed by atoms with Crippen molar-refractivity contribution in [3.05, 3.63) is 29.8 Å². The monoisotopic (exact) mass is 319 g/mol. The van der Waals surface area contributed by atoms with Gasteiger partial charge in [-0.1, -0.05) is 19.1 Å². The Balaban J connectivity index is 1.72. The molecule has 0 radical (unpaired) electrons. The number of amides is 1. The van der Waals surface area contributed by atoms with Crippen LogP contribution in [0.3, 0.4) is 0 Å². The fraction of sp³-hybridized carbons (Fsp3) is 0.471. The van der Waals surface area contributed by atoms with E-state index in [1.165, 1.54) is 0 Å². The summed E-state index contributed by atoms with van der Waals surface area (Å²) < 4.78 is 10.2. The van der Waals surface area contributed by atoms with Gasteiger partial charge in [0, 0.05) is 13.1 Å². The first-order valence-electron chi connectivity index (χ1n) is 7.70. The lowest BCUT2D eigenvalue weighted by atomic mass is 9.99. The molecule has 1 amide bonds. The van der Waals surface area contributed by atoms with Crippen molar-refractivity contribution < 1.29 is 23.9 Å². The number of hydrogen-bond acceptors (Lipinski definition) is 5. The van der Waals surface area contributed by atoms with Crippen molar-refractivity contribution in [2.24, 2.45) is 5.92 Å². The van der Waals surface area contributed by atoms with E-state index in [0.29, 0.717) is 36.6 Å². The Bertz CT molecular complexity index is 564. The summed E-state index contributed by atoms with van der Waals surface area (Å²) in [5.74, 6) is 0.131. The van der Waals surface area contributed by atoms with Gasteiger partial charge in [0.1, 0.15) is 5.75 Å². The van der Waals surface area contributed by atoms with Crippen molar-refractivity contribution in [3.63, 3.8) is 0 Å². The van der Waals surface area contributed by atoms with E-state index in [0.717, 1.165) is 12.8 Å². The molecule has 0 aromatic heterocycles. The minimum atomic E-state index is -0.635. The Labute approximate surface area is 135 Å². The van der Waals surface area contributed by atoms with E-state index in [9.17, 15) is 14.4 Å². The maximum atomic E-state index is 11.9. The van der Waals surface area contributed by atoms with Crippen LogP contribution in [0, 0.1) is 5.92 Å². The highest BCUT2D eigenvalue weighted by molar-refractivity contribution is 5.82. The summed E-state index contributed by atoms with van der Waals surface area (Å²) in [6.07, 6.45) is 2.61. The number of carbonyl (C=O) groups excluding carboxylic acids is 3. The van der Waals surface area contributed by atoms with Crippen molar-refractivity contribution >= 4 is 18.2 Å². The average Bonchev–Trinajstić information content (AvgIpc) is 2.58. The van der Waals surface area contributed by atoms with E-state index in [4.69, 9.17) is 9.47 Å². The highest BCUT2D eigenvalue weighted by Gasteiger charge is 2.21. The SMILES string of the molecule is CC1CCN(C(=O)COC(=O)COc2ccccc2C=O)CC1. The topological polar surface area (TPSA) is 72.9 Å². The smallest absolute Gasteiger partial charge is 0.344 e. The van der Waals surface area contributed by atoms with Gasteiger partial charge in [0.25, 0.3) is 5.91 Å². The molecule has 6 heteroatoms. The van der Waals surface area contributed by atoms with E-state index in [1.807, 2.05) is 0 Å². The summed E-state index contributed by atoms with van der Waals surface area (Å²) in [4.78, 5) is 36.2. The van der Waals surface area contributed by atoms with Crippen molar-refractivity contribution in [1.82, 2.24) is 4.90 Å². The number of piperidine rings is 1. The molecule has 0 spiro atoms. The van der Waals surface area contributed by atoms with E-state index in [1.54, 1.807) is 29.2 Å². The van der Waals surface area contributed by atoms with E-state index < -0.39 is 5.97 Å². The number of ether oxygens (including phenoxy) is 2. The summed E-state index contributed by atoms with van der Waals surface area (Å²) in [7, 11) is 0. The maximum Gasteiger partial charge on any atom is 0.344 e. The third-order valence-electron chi connectivity index (χ3n) is 3.88. The number of para-hydroxylation sites is 1. The van der Waals surface area contributed by atoms with E-state index in [2.05, 4.69) is 6.92 Å². The molecule has 1 aliphatic rings. The predicted octanol–water partition coefficient (Wildman–Crippen LogP) is 1.68. The number of rotatable bonds is 6. The van der Waals surface area contributed by atoms with Crippen LogP contribution in [0.5, 0.6) is 5.75 Å². The van der Waals surface area contributed by atoms with Gasteiger partial charge in [0.15, 0.2) is 19.5 Å². The highest BCUT2D eigenvalue weighted by atomic mass is 16.6. The molecule has 1 aromatic rings. The van der Waals surface area contributed by atoms with Crippen molar-refractivity contribution in [2.75, 3.05) is 26.3 Å². The van der Waals surface area contributed by atoms with Gasteiger partial charge in [-0.3, -0.25) is 9.59 Å². The van der Waals surface area contributed by atoms with Crippen molar-refractivity contribution in [3.8, 4) is 5.75 Å². The average molecular weight is 319 g/mol. The molecular formula is C17H21NO5. The maximum absolute atomic E-state index is 11.9. The van der Waals surface area contributed by atoms with Crippen LogP contribution in [-0.2, 0) is 14.3 Å². The molecule has 6 nitrogen and oxygen atoms in total. The van der Waals surface area contributed by atoms with Gasteiger partial charge in [0.2, 0.25) is 0 Å². The summed E-state index contributed by atoms with van der Waals surface area (Å²) in [6, 6.07) is 6.59. The zero-order chi connectivity index (χ0) is 16.7. The first kappa shape index (κ1) is 17.0. The molecule has 1 fully saturated rings. The zero-order valence-corrected chi connectivity index (χ0v) is 13.2. The summed E-state index contributed by atoms with van der Waals surface area (Å²) in [6.45, 7) is 2.97. The molecule has 1 saturated heterocycles. The Morgan fingerprint density at radius 3 is 2.61 bits per heavy atom. The largest absolute Gasteiger partial charge is 0.481 e. The first-order chi connectivity index (χ1) is 11.1. The predicted molar refractivity (Wildman–Crippen MR) is 83.3 cm³/mol. The molecule has 0 bridgehead atoms. The van der Waals surface area contributed by atoms with Gasteiger partial charge < -0.3 is 14.4 Å². The quantitative estimate of drug-likeness (QED) is 0.589. The molecule has 0 atom stereocenters. The first-order valence-corrected chi connectivity index (χ1v) is 7.70. The lowest BCUT2D eigenvalue weighted by Crippen LogP contribution is -2.40. The Hall–Kier alpha value is -2.37. The second kappa shape index (κ2) is 8.31. The highest BCUT2D eigenvalue weighted by Crippen LogP contribution is 2.16. The lowest BCUT2D eigenvalue weighted by Gasteiger charge is -2.30. The molecule has 23 heavy (non-hydrogen) atoms. The Morgan fingerprint density at radius 2 is 1.91 bits per heavy atom. The lowest BCUT2D eigenvalue weighted by molar-refractivity contribution is -0.154. The van der Waals surface area contributed by atoms with Gasteiger partial charge in [0.05, 0.1) is 5.56 Å². The van der Waals surface area contributed by atoms with Crippen molar-refractivity contribution in [2.45, 2.75) is 19.8 Å². The summed E-state index contributed by atoms with van der Waals surface area (Å²) in [5, 5.41) is 0. The van der Waals surface area contributed by atoms with Gasteiger partial charge in [-0.2, -0.15) is 0 Å². The third kappa shape index (κ3) is 5.09. The molecule has 1 heterocycles. The number of likely N-dealkylation sites (tertiary alicyclic amines) is 1. The van der Waals surface area contributed by atoms with Crippen LogP contribution in [0.15, 0.2) is 24.3 Å². The molecule has 124 valence electrons. The van der Waals surface area contributed by atoms with Crippen LogP contribution < -0.4 is 4.74 Å². The number of carbonyl (C=O) groups is 3. The minimum Gasteiger partial charge on any atom is -0.481 e. The number of esters is 1. The number of nitrogens with zero attached hydrogens (tertiary/aromatic N) is 1. The molecule has 1 aromatic carbocycles. The van der Waals surface area contributed by atoms with Gasteiger partial charge in [-0.25, -0.2) is 4.79 Å². The molecular weight excluding hydrogens is 298 g/mol. The van der Waals surface area contributed by atoms with Gasteiger partial charge in [-0.05, 0) is 30.9 Å². The van der Waals surface area contributed by atoms with E-state index in [-0.39, 0.29) is 19.1 Å². The third-order valence-corrected chi connectivity index (χ3v) is 3.88. The van der Waals surface area contributed by atoms with Crippen LogP contribution in [0.25, 0.3) is 0 Å². The molecule has 0 aliphatic carbocycles. The number of aldehydes is 1. The van der Waals surface area contributed by atoms with E-state index >= 15 is 0 Å². The zero-order valence-electron chi connectivity index (χ0n) is 13.2. The molecule has 2 rings (SSSR count). The Morgan fingerprint density at radius 1 is 1.22 bits per heavy atom. The van der Waals surface area contributed by atoms with Crippen LogP contribution in [0.2, 0.25) is 0 Å². The van der Waals surface area contributed by atoms with Crippen LogP contribution in [0.4, 0.5) is 0 Å². The molecule has 1 aliphatic heterocycles. The fourth-order valence-electron chi connectivity index (χ4n) is 2.38.